The van der Waals surface area contributed by atoms with E-state index in [9.17, 15) is 38.4 Å². The summed E-state index contributed by atoms with van der Waals surface area (Å²) in [5.74, 6) is -0.907. The van der Waals surface area contributed by atoms with Gasteiger partial charge in [-0.25, -0.2) is 37.7 Å². The number of ether oxygens (including phenoxy) is 6. The standard InChI is InChI=1S/C14H20N2O5.C11H16N2O4.C10H13N3O5/c1-3-14(4-2)11(17)15(5-9-7-20-9)13(19)16(12(14)18)6-10-8-21-10;1-11(2)9(14)12(3-7-5-16-7)10(15)13(11)4-8-6-17-8;1-11-8(14)12(2-6-4-17-6)10(16)13(9(11)15)3-7-5-18-7/h9-10H,3-8H2,1-2H3;7-8H,3-6H2,1-2H3;6-7H,2-5H2,1H3. The molecule has 8 aliphatic heterocycles. The van der Waals surface area contributed by atoms with Crippen LogP contribution in [0.5, 0.6) is 0 Å². The first-order valence-corrected chi connectivity index (χ1v) is 19.0. The first-order valence-electron chi connectivity index (χ1n) is 19.0. The molecule has 8 saturated heterocycles. The number of imide groups is 3. The second-order valence-electron chi connectivity index (χ2n) is 15.6. The topological polar surface area (TPSA) is 239 Å². The van der Waals surface area contributed by atoms with Gasteiger partial charge in [0.15, 0.2) is 0 Å². The fourth-order valence-corrected chi connectivity index (χ4v) is 6.82. The molecular weight excluding hydrogens is 742 g/mol. The largest absolute Gasteiger partial charge is 0.371 e. The normalized spacial score (nSPS) is 30.1. The number of hydrogen-bond donors (Lipinski definition) is 0. The first kappa shape index (κ1) is 39.9. The van der Waals surface area contributed by atoms with Crippen molar-refractivity contribution in [2.45, 2.75) is 95.8 Å². The molecule has 0 bridgehead atoms. The Kier molecular flexibility index (Phi) is 10.9. The zero-order valence-electron chi connectivity index (χ0n) is 32.2. The Balaban J connectivity index is 0.000000129. The predicted molar refractivity (Wildman–Crippen MR) is 188 cm³/mol. The lowest BCUT2D eigenvalue weighted by molar-refractivity contribution is -0.159. The molecule has 8 fully saturated rings. The molecule has 7 amide bonds. The lowest BCUT2D eigenvalue weighted by atomic mass is 9.78. The predicted octanol–water partition coefficient (Wildman–Crippen LogP) is -2.29. The van der Waals surface area contributed by atoms with Gasteiger partial charge in [0.05, 0.1) is 116 Å². The monoisotopic (exact) mass is 791 g/mol. The van der Waals surface area contributed by atoms with Gasteiger partial charge in [0.2, 0.25) is 11.8 Å². The van der Waals surface area contributed by atoms with E-state index in [2.05, 4.69) is 0 Å². The van der Waals surface area contributed by atoms with Gasteiger partial charge in [-0.05, 0) is 26.7 Å². The fourth-order valence-electron chi connectivity index (χ4n) is 6.82. The summed E-state index contributed by atoms with van der Waals surface area (Å²) in [6.07, 6.45) is 0.542. The van der Waals surface area contributed by atoms with E-state index >= 15 is 0 Å². The summed E-state index contributed by atoms with van der Waals surface area (Å²) in [4.78, 5) is 103. The van der Waals surface area contributed by atoms with Crippen LogP contribution >= 0.6 is 0 Å². The molecule has 6 unspecified atom stereocenters. The Bertz CT molecular complexity index is 1840. The van der Waals surface area contributed by atoms with Crippen molar-refractivity contribution in [1.29, 1.82) is 0 Å². The maximum absolute atomic E-state index is 12.7. The fraction of sp³-hybridized carbons (Fsp3) is 0.771. The molecule has 9 rings (SSSR count). The number of nitrogens with zero attached hydrogens (tertiary/aromatic N) is 7. The van der Waals surface area contributed by atoms with Crippen molar-refractivity contribution in [3.05, 3.63) is 31.5 Å². The van der Waals surface area contributed by atoms with Crippen molar-refractivity contribution < 1.29 is 52.4 Å². The average Bonchev–Trinajstić information content (AvgIpc) is 3.95. The van der Waals surface area contributed by atoms with Crippen LogP contribution in [0.15, 0.2) is 14.4 Å². The summed E-state index contributed by atoms with van der Waals surface area (Å²) in [6, 6.07) is -0.750. The van der Waals surface area contributed by atoms with Crippen LogP contribution in [0.3, 0.4) is 0 Å². The zero-order chi connectivity index (χ0) is 40.3. The van der Waals surface area contributed by atoms with E-state index < -0.39 is 34.1 Å². The van der Waals surface area contributed by atoms with E-state index in [1.807, 2.05) is 13.8 Å². The van der Waals surface area contributed by atoms with E-state index in [0.29, 0.717) is 65.6 Å². The number of amides is 7. The number of epoxide rings is 6. The SMILES string of the molecule is CC1(C)C(=O)N(CC2CO2)C(=O)N1CC1CO1.CCC1(CC)C(=O)N(CC2CO2)C(=O)N(CC2CO2)C1=O.Cn1c(=O)n(CC2CO2)c(=O)n(CC2CO2)c1=O. The third kappa shape index (κ3) is 8.23. The molecule has 0 N–H and O–H groups in total. The molecule has 21 nitrogen and oxygen atoms in total. The minimum atomic E-state index is -1.13. The summed E-state index contributed by atoms with van der Waals surface area (Å²) < 4.78 is 33.5. The van der Waals surface area contributed by atoms with E-state index in [4.69, 9.17) is 28.4 Å². The van der Waals surface area contributed by atoms with Crippen molar-refractivity contribution in [2.75, 3.05) is 65.8 Å². The van der Waals surface area contributed by atoms with Crippen LogP contribution in [0.1, 0.15) is 40.5 Å². The van der Waals surface area contributed by atoms with Gasteiger partial charge in [-0.3, -0.25) is 29.1 Å². The van der Waals surface area contributed by atoms with Crippen molar-refractivity contribution in [1.82, 2.24) is 33.3 Å². The second kappa shape index (κ2) is 15.2. The van der Waals surface area contributed by atoms with Crippen LogP contribution in [-0.4, -0.2) is 171 Å². The molecule has 9 heterocycles. The minimum absolute atomic E-state index is 0.0378. The van der Waals surface area contributed by atoms with Crippen molar-refractivity contribution in [3.8, 4) is 0 Å². The maximum Gasteiger partial charge on any atom is 0.336 e. The van der Waals surface area contributed by atoms with Crippen LogP contribution in [0.25, 0.3) is 0 Å². The number of barbiturate groups is 1. The molecule has 6 atom stereocenters. The average molecular weight is 792 g/mol. The zero-order valence-corrected chi connectivity index (χ0v) is 32.2. The number of rotatable bonds is 14. The van der Waals surface area contributed by atoms with Crippen LogP contribution < -0.4 is 17.1 Å². The summed E-state index contributed by atoms with van der Waals surface area (Å²) in [5, 5.41) is 0. The molecule has 1 aromatic rings. The summed E-state index contributed by atoms with van der Waals surface area (Å²) in [7, 11) is 1.36. The highest BCUT2D eigenvalue weighted by Crippen LogP contribution is 2.37. The Morgan fingerprint density at radius 1 is 0.482 bits per heavy atom. The van der Waals surface area contributed by atoms with Gasteiger partial charge in [0.25, 0.3) is 5.91 Å². The Hall–Kier alpha value is -4.28. The smallest absolute Gasteiger partial charge is 0.336 e. The highest BCUT2D eigenvalue weighted by molar-refractivity contribution is 6.19. The molecule has 56 heavy (non-hydrogen) atoms. The maximum atomic E-state index is 12.7. The van der Waals surface area contributed by atoms with Gasteiger partial charge >= 0.3 is 29.1 Å². The van der Waals surface area contributed by atoms with E-state index in [-0.39, 0.29) is 86.6 Å². The molecule has 308 valence electrons. The van der Waals surface area contributed by atoms with Gasteiger partial charge in [-0.15, -0.1) is 0 Å². The van der Waals surface area contributed by atoms with Gasteiger partial charge in [-0.2, -0.15) is 0 Å². The van der Waals surface area contributed by atoms with Gasteiger partial charge in [0, 0.05) is 7.05 Å². The van der Waals surface area contributed by atoms with Gasteiger partial charge < -0.3 is 33.3 Å². The third-order valence-corrected chi connectivity index (χ3v) is 11.1. The van der Waals surface area contributed by atoms with Crippen LogP contribution in [0.4, 0.5) is 9.59 Å². The minimum Gasteiger partial charge on any atom is -0.371 e. The van der Waals surface area contributed by atoms with Crippen LogP contribution in [-0.2, 0) is 62.9 Å². The molecule has 0 aliphatic carbocycles. The highest BCUT2D eigenvalue weighted by atomic mass is 16.6. The van der Waals surface area contributed by atoms with E-state index in [0.717, 1.165) is 13.7 Å². The Morgan fingerprint density at radius 3 is 1.14 bits per heavy atom. The van der Waals surface area contributed by atoms with Gasteiger partial charge in [0.1, 0.15) is 11.0 Å². The molecule has 0 saturated carbocycles. The third-order valence-electron chi connectivity index (χ3n) is 11.1. The van der Waals surface area contributed by atoms with Crippen LogP contribution in [0, 0.1) is 5.41 Å². The van der Waals surface area contributed by atoms with E-state index in [1.165, 1.54) is 21.7 Å². The molecule has 21 heteroatoms. The molecule has 0 radical (unpaired) electrons. The number of carbonyl (C=O) groups is 5. The number of urea groups is 2. The Labute approximate surface area is 320 Å². The number of carbonyl (C=O) groups excluding carboxylic acids is 5. The molecular formula is C35H49N7O14. The van der Waals surface area contributed by atoms with Crippen molar-refractivity contribution in [3.63, 3.8) is 0 Å². The highest BCUT2D eigenvalue weighted by Gasteiger charge is 2.57. The van der Waals surface area contributed by atoms with E-state index in [1.54, 1.807) is 18.7 Å². The lowest BCUT2D eigenvalue weighted by Crippen LogP contribution is -2.66. The number of aromatic nitrogens is 3. The Morgan fingerprint density at radius 2 is 0.804 bits per heavy atom. The summed E-state index contributed by atoms with van der Waals surface area (Å²) in [5.41, 5.74) is -3.69. The molecule has 1 aromatic heterocycles. The molecule has 0 spiro atoms. The van der Waals surface area contributed by atoms with Crippen LogP contribution in [0.2, 0.25) is 0 Å². The molecule has 8 aliphatic rings. The molecule has 0 aromatic carbocycles. The van der Waals surface area contributed by atoms with Crippen molar-refractivity contribution in [2.24, 2.45) is 12.5 Å². The number of hydrogen-bond acceptors (Lipinski definition) is 14. The first-order chi connectivity index (χ1) is 26.6. The lowest BCUT2D eigenvalue weighted by Gasteiger charge is -2.43. The van der Waals surface area contributed by atoms with Crippen molar-refractivity contribution >= 4 is 29.8 Å². The second-order valence-corrected chi connectivity index (χ2v) is 15.6. The van der Waals surface area contributed by atoms with Gasteiger partial charge in [-0.1, -0.05) is 13.8 Å². The summed E-state index contributed by atoms with van der Waals surface area (Å²) in [6.45, 7) is 12.4. The summed E-state index contributed by atoms with van der Waals surface area (Å²) >= 11 is 0. The quantitative estimate of drug-likeness (QED) is 0.110.